The molecule has 0 saturated carbocycles. The number of hydrogen-bond donors (Lipinski definition) is 0. The molecule has 0 aliphatic carbocycles. The summed E-state index contributed by atoms with van der Waals surface area (Å²) in [4.78, 5) is 30.8. The van der Waals surface area contributed by atoms with Gasteiger partial charge in [0.05, 0.1) is 12.1 Å². The molecule has 144 valence electrons. The van der Waals surface area contributed by atoms with Gasteiger partial charge < -0.3 is 14.4 Å². The van der Waals surface area contributed by atoms with Gasteiger partial charge in [0.15, 0.2) is 6.61 Å². The predicted octanol–water partition coefficient (Wildman–Crippen LogP) is 3.07. The zero-order chi connectivity index (χ0) is 19.8. The first-order valence-electron chi connectivity index (χ1n) is 9.01. The van der Waals surface area contributed by atoms with Gasteiger partial charge in [-0.05, 0) is 17.7 Å². The zero-order valence-corrected chi connectivity index (χ0v) is 15.7. The molecule has 1 aromatic heterocycles. The van der Waals surface area contributed by atoms with Crippen molar-refractivity contribution in [2.45, 2.75) is 6.54 Å². The van der Waals surface area contributed by atoms with E-state index >= 15 is 0 Å². The SMILES string of the molecule is COCCN(Cc1ccccc1)C(=O)COC(=O)c1ccc2ccccc2n1. The van der Waals surface area contributed by atoms with E-state index in [2.05, 4.69) is 4.98 Å². The molecule has 0 aliphatic heterocycles. The largest absolute Gasteiger partial charge is 0.451 e. The fourth-order valence-electron chi connectivity index (χ4n) is 2.77. The highest BCUT2D eigenvalue weighted by Gasteiger charge is 2.17. The van der Waals surface area contributed by atoms with Gasteiger partial charge in [-0.15, -0.1) is 0 Å². The Hall–Kier alpha value is -3.25. The number of aromatic nitrogens is 1. The Kier molecular flexibility index (Phi) is 6.70. The van der Waals surface area contributed by atoms with E-state index in [1.165, 1.54) is 0 Å². The van der Waals surface area contributed by atoms with Crippen LogP contribution in [0.2, 0.25) is 0 Å². The molecule has 1 amide bonds. The summed E-state index contributed by atoms with van der Waals surface area (Å²) in [6.45, 7) is 0.896. The first-order chi connectivity index (χ1) is 13.7. The second-order valence-electron chi connectivity index (χ2n) is 6.26. The Morgan fingerprint density at radius 2 is 1.71 bits per heavy atom. The molecule has 0 atom stereocenters. The summed E-state index contributed by atoms with van der Waals surface area (Å²) in [6.07, 6.45) is 0. The number of carbonyl (C=O) groups excluding carboxylic acids is 2. The van der Waals surface area contributed by atoms with Crippen LogP contribution in [0.15, 0.2) is 66.7 Å². The van der Waals surface area contributed by atoms with Crippen LogP contribution in [0.4, 0.5) is 0 Å². The van der Waals surface area contributed by atoms with Crippen molar-refractivity contribution >= 4 is 22.8 Å². The van der Waals surface area contributed by atoms with Crippen molar-refractivity contribution in [3.05, 3.63) is 78.0 Å². The summed E-state index contributed by atoms with van der Waals surface area (Å²) in [6, 6.07) is 20.5. The summed E-state index contributed by atoms with van der Waals surface area (Å²) in [5.74, 6) is -0.902. The van der Waals surface area contributed by atoms with Crippen molar-refractivity contribution in [1.29, 1.82) is 0 Å². The Labute approximate surface area is 163 Å². The van der Waals surface area contributed by atoms with E-state index in [1.54, 1.807) is 24.1 Å². The molecule has 0 aliphatic rings. The number of hydrogen-bond acceptors (Lipinski definition) is 5. The predicted molar refractivity (Wildman–Crippen MR) is 106 cm³/mol. The molecular formula is C22H22N2O4. The second kappa shape index (κ2) is 9.62. The average molecular weight is 378 g/mol. The van der Waals surface area contributed by atoms with Gasteiger partial charge in [0.1, 0.15) is 5.69 Å². The Balaban J connectivity index is 1.62. The fourth-order valence-corrected chi connectivity index (χ4v) is 2.77. The lowest BCUT2D eigenvalue weighted by Gasteiger charge is -2.22. The highest BCUT2D eigenvalue weighted by molar-refractivity contribution is 5.92. The molecule has 0 N–H and O–H groups in total. The molecule has 0 fully saturated rings. The topological polar surface area (TPSA) is 68.7 Å². The average Bonchev–Trinajstić information content (AvgIpc) is 2.75. The lowest BCUT2D eigenvalue weighted by Crippen LogP contribution is -2.36. The summed E-state index contributed by atoms with van der Waals surface area (Å²) in [7, 11) is 1.58. The first-order valence-corrected chi connectivity index (χ1v) is 9.01. The van der Waals surface area contributed by atoms with E-state index < -0.39 is 5.97 Å². The zero-order valence-electron chi connectivity index (χ0n) is 15.7. The van der Waals surface area contributed by atoms with Crippen LogP contribution >= 0.6 is 0 Å². The molecule has 0 spiro atoms. The standard InChI is InChI=1S/C22H22N2O4/c1-27-14-13-24(15-17-7-3-2-4-8-17)21(25)16-28-22(26)20-12-11-18-9-5-6-10-19(18)23-20/h2-12H,13-16H2,1H3. The van der Waals surface area contributed by atoms with Crippen molar-refractivity contribution < 1.29 is 19.1 Å². The Morgan fingerprint density at radius 1 is 0.964 bits per heavy atom. The van der Waals surface area contributed by atoms with Gasteiger partial charge in [0, 0.05) is 25.6 Å². The molecule has 0 bridgehead atoms. The first kappa shape index (κ1) is 19.5. The van der Waals surface area contributed by atoms with Crippen molar-refractivity contribution in [2.24, 2.45) is 0 Å². The van der Waals surface area contributed by atoms with Gasteiger partial charge in [0.25, 0.3) is 5.91 Å². The number of amides is 1. The maximum Gasteiger partial charge on any atom is 0.357 e. The van der Waals surface area contributed by atoms with Gasteiger partial charge in [-0.1, -0.05) is 54.6 Å². The molecule has 0 unspecified atom stereocenters. The Bertz CT molecular complexity index is 943. The van der Waals surface area contributed by atoms with Crippen LogP contribution in [0.25, 0.3) is 10.9 Å². The summed E-state index contributed by atoms with van der Waals surface area (Å²) < 4.78 is 10.3. The quantitative estimate of drug-likeness (QED) is 0.564. The molecule has 3 rings (SSSR count). The number of ether oxygens (including phenoxy) is 2. The van der Waals surface area contributed by atoms with Crippen molar-refractivity contribution in [3.63, 3.8) is 0 Å². The van der Waals surface area contributed by atoms with Gasteiger partial charge in [0.2, 0.25) is 0 Å². The number of rotatable bonds is 8. The van der Waals surface area contributed by atoms with Crippen LogP contribution < -0.4 is 0 Å². The number of esters is 1. The second-order valence-corrected chi connectivity index (χ2v) is 6.26. The van der Waals surface area contributed by atoms with Crippen LogP contribution in [0.5, 0.6) is 0 Å². The van der Waals surface area contributed by atoms with Gasteiger partial charge in [-0.25, -0.2) is 9.78 Å². The normalized spacial score (nSPS) is 10.6. The van der Waals surface area contributed by atoms with Crippen LogP contribution in [0.1, 0.15) is 16.1 Å². The number of para-hydroxylation sites is 1. The molecule has 28 heavy (non-hydrogen) atoms. The summed E-state index contributed by atoms with van der Waals surface area (Å²) >= 11 is 0. The van der Waals surface area contributed by atoms with Gasteiger partial charge >= 0.3 is 5.97 Å². The number of methoxy groups -OCH3 is 1. The van der Waals surface area contributed by atoms with E-state index in [0.717, 1.165) is 10.9 Å². The number of fused-ring (bicyclic) bond motifs is 1. The molecule has 0 saturated heterocycles. The maximum absolute atomic E-state index is 12.6. The van der Waals surface area contributed by atoms with Crippen LogP contribution in [0, 0.1) is 0 Å². The number of nitrogens with zero attached hydrogens (tertiary/aromatic N) is 2. The van der Waals surface area contributed by atoms with Crippen molar-refractivity contribution in [2.75, 3.05) is 26.9 Å². The van der Waals surface area contributed by atoms with E-state index in [4.69, 9.17) is 9.47 Å². The minimum Gasteiger partial charge on any atom is -0.451 e. The van der Waals surface area contributed by atoms with Crippen LogP contribution in [0.3, 0.4) is 0 Å². The molecule has 0 radical (unpaired) electrons. The molecule has 6 nitrogen and oxygen atoms in total. The van der Waals surface area contributed by atoms with E-state index in [9.17, 15) is 9.59 Å². The summed E-state index contributed by atoms with van der Waals surface area (Å²) in [5, 5.41) is 0.934. The highest BCUT2D eigenvalue weighted by Crippen LogP contribution is 2.12. The maximum atomic E-state index is 12.6. The molecular weight excluding hydrogens is 356 g/mol. The molecule has 1 heterocycles. The number of carbonyl (C=O) groups is 2. The molecule has 2 aromatic carbocycles. The fraction of sp³-hybridized carbons (Fsp3) is 0.227. The number of pyridine rings is 1. The van der Waals surface area contributed by atoms with Crippen molar-refractivity contribution in [3.8, 4) is 0 Å². The third-order valence-corrected chi connectivity index (χ3v) is 4.27. The van der Waals surface area contributed by atoms with Crippen LogP contribution in [-0.4, -0.2) is 48.6 Å². The van der Waals surface area contributed by atoms with Crippen molar-refractivity contribution in [1.82, 2.24) is 9.88 Å². The lowest BCUT2D eigenvalue weighted by molar-refractivity contribution is -0.135. The monoisotopic (exact) mass is 378 g/mol. The minimum absolute atomic E-state index is 0.179. The molecule has 3 aromatic rings. The van der Waals surface area contributed by atoms with E-state index in [0.29, 0.717) is 25.2 Å². The minimum atomic E-state index is -0.620. The number of benzene rings is 2. The Morgan fingerprint density at radius 3 is 2.50 bits per heavy atom. The van der Waals surface area contributed by atoms with Crippen LogP contribution in [-0.2, 0) is 20.8 Å². The summed E-state index contributed by atoms with van der Waals surface area (Å²) in [5.41, 5.74) is 1.88. The lowest BCUT2D eigenvalue weighted by atomic mass is 10.2. The van der Waals surface area contributed by atoms with Gasteiger partial charge in [-0.2, -0.15) is 0 Å². The molecule has 6 heteroatoms. The smallest absolute Gasteiger partial charge is 0.357 e. The van der Waals surface area contributed by atoms with Gasteiger partial charge in [-0.3, -0.25) is 4.79 Å². The van der Waals surface area contributed by atoms with E-state index in [1.807, 2.05) is 54.6 Å². The van der Waals surface area contributed by atoms with E-state index in [-0.39, 0.29) is 18.2 Å². The third kappa shape index (κ3) is 5.14. The highest BCUT2D eigenvalue weighted by atomic mass is 16.5. The third-order valence-electron chi connectivity index (χ3n) is 4.27.